The summed E-state index contributed by atoms with van der Waals surface area (Å²) >= 11 is 0. The van der Waals surface area contributed by atoms with E-state index in [0.717, 1.165) is 16.9 Å². The predicted molar refractivity (Wildman–Crippen MR) is 60.8 cm³/mol. The lowest BCUT2D eigenvalue weighted by Gasteiger charge is -2.02. The van der Waals surface area contributed by atoms with Gasteiger partial charge in [0.1, 0.15) is 5.76 Å². The Labute approximate surface area is 88.3 Å². The normalized spacial score (nSPS) is 10.7. The fourth-order valence-corrected chi connectivity index (χ4v) is 1.84. The van der Waals surface area contributed by atoms with Crippen molar-refractivity contribution in [2.75, 3.05) is 0 Å². The van der Waals surface area contributed by atoms with Crippen molar-refractivity contribution in [3.05, 3.63) is 60.9 Å². The second kappa shape index (κ2) is 3.28. The maximum absolute atomic E-state index is 5.54. The Bertz CT molecular complexity index is 536. The Hall–Kier alpha value is -2.02. The molecule has 0 saturated carbocycles. The lowest BCUT2D eigenvalue weighted by atomic mass is 10.1. The summed E-state index contributed by atoms with van der Waals surface area (Å²) in [5, 5.41) is 0. The largest absolute Gasteiger partial charge is 0.464 e. The summed E-state index contributed by atoms with van der Waals surface area (Å²) < 4.78 is 5.54. The number of hydrogen-bond donors (Lipinski definition) is 0. The van der Waals surface area contributed by atoms with Crippen LogP contribution in [0.4, 0.5) is 0 Å². The molecular formula is C14H10O. The van der Waals surface area contributed by atoms with Crippen LogP contribution >= 0.6 is 0 Å². The van der Waals surface area contributed by atoms with Crippen LogP contribution in [0.1, 0.15) is 0 Å². The fourth-order valence-electron chi connectivity index (χ4n) is 1.84. The average molecular weight is 194 g/mol. The van der Waals surface area contributed by atoms with Gasteiger partial charge in [0, 0.05) is 11.1 Å². The molecule has 1 heterocycles. The first-order valence-corrected chi connectivity index (χ1v) is 4.97. The third-order valence-corrected chi connectivity index (χ3v) is 2.56. The summed E-state index contributed by atoms with van der Waals surface area (Å²) in [6, 6.07) is 18.4. The van der Waals surface area contributed by atoms with Crippen LogP contribution in [0.2, 0.25) is 0 Å². The molecule has 3 rings (SSSR count). The number of rotatable bonds is 1. The summed E-state index contributed by atoms with van der Waals surface area (Å²) in [5.41, 5.74) is 3.50. The maximum atomic E-state index is 5.54. The van der Waals surface area contributed by atoms with Crippen LogP contribution in [0, 0.1) is 0 Å². The van der Waals surface area contributed by atoms with E-state index < -0.39 is 0 Å². The maximum Gasteiger partial charge on any atom is 0.141 e. The molecule has 1 nitrogen and oxygen atoms in total. The molecule has 1 heteroatoms. The summed E-state index contributed by atoms with van der Waals surface area (Å²) in [4.78, 5) is 0. The fraction of sp³-hybridized carbons (Fsp3) is 0. The first-order valence-electron chi connectivity index (χ1n) is 4.97. The Morgan fingerprint density at radius 1 is 0.667 bits per heavy atom. The van der Waals surface area contributed by atoms with Gasteiger partial charge in [-0.25, -0.2) is 0 Å². The highest BCUT2D eigenvalue weighted by Gasteiger charge is 2.11. The quantitative estimate of drug-likeness (QED) is 0.569. The molecule has 15 heavy (non-hydrogen) atoms. The Morgan fingerprint density at radius 2 is 1.47 bits per heavy atom. The van der Waals surface area contributed by atoms with E-state index in [-0.39, 0.29) is 0 Å². The van der Waals surface area contributed by atoms with E-state index in [1.807, 2.05) is 24.3 Å². The second-order valence-corrected chi connectivity index (χ2v) is 3.51. The number of hydrogen-bond acceptors (Lipinski definition) is 1. The highest BCUT2D eigenvalue weighted by molar-refractivity contribution is 5.82. The molecule has 72 valence electrons. The van der Waals surface area contributed by atoms with Crippen LogP contribution < -0.4 is 0 Å². The SMILES string of the molecule is c1ccc(-c2ccc3cccoc2-3)cc1. The minimum absolute atomic E-state index is 0.962. The van der Waals surface area contributed by atoms with E-state index in [4.69, 9.17) is 4.42 Å². The van der Waals surface area contributed by atoms with Gasteiger partial charge >= 0.3 is 0 Å². The zero-order valence-electron chi connectivity index (χ0n) is 8.18. The number of benzene rings is 1. The van der Waals surface area contributed by atoms with Crippen LogP contribution in [0.25, 0.3) is 22.5 Å². The van der Waals surface area contributed by atoms with Crippen molar-refractivity contribution in [2.24, 2.45) is 0 Å². The highest BCUT2D eigenvalue weighted by atomic mass is 16.3. The lowest BCUT2D eigenvalue weighted by Crippen LogP contribution is -1.77. The third kappa shape index (κ3) is 1.33. The standard InChI is InChI=1S/C14H10O/c1-2-5-11(6-3-1)13-9-8-12-7-4-10-15-14(12)13/h1-10H. The van der Waals surface area contributed by atoms with Crippen molar-refractivity contribution in [2.45, 2.75) is 0 Å². The van der Waals surface area contributed by atoms with E-state index >= 15 is 0 Å². The Morgan fingerprint density at radius 3 is 2.33 bits per heavy atom. The lowest BCUT2D eigenvalue weighted by molar-refractivity contribution is 0.568. The van der Waals surface area contributed by atoms with Crippen LogP contribution in [0.15, 0.2) is 65.3 Å². The van der Waals surface area contributed by atoms with Crippen molar-refractivity contribution in [1.29, 1.82) is 0 Å². The van der Waals surface area contributed by atoms with Crippen molar-refractivity contribution < 1.29 is 4.42 Å². The zero-order valence-corrected chi connectivity index (χ0v) is 8.18. The van der Waals surface area contributed by atoms with E-state index in [9.17, 15) is 0 Å². The Balaban J connectivity index is 2.22. The van der Waals surface area contributed by atoms with Gasteiger partial charge in [0.05, 0.1) is 6.26 Å². The molecular weight excluding hydrogens is 184 g/mol. The second-order valence-electron chi connectivity index (χ2n) is 3.51. The Kier molecular flexibility index (Phi) is 1.82. The monoisotopic (exact) mass is 194 g/mol. The molecule has 0 bridgehead atoms. The molecule has 0 fully saturated rings. The summed E-state index contributed by atoms with van der Waals surface area (Å²) in [6.07, 6.45) is 1.72. The number of fused-ring (bicyclic) bond motifs is 1. The minimum atomic E-state index is 0.962. The van der Waals surface area contributed by atoms with Gasteiger partial charge in [-0.15, -0.1) is 0 Å². The highest BCUT2D eigenvalue weighted by Crippen LogP contribution is 2.34. The molecule has 0 saturated heterocycles. The summed E-state index contributed by atoms with van der Waals surface area (Å²) in [5.74, 6) is 0.962. The molecule has 0 atom stereocenters. The van der Waals surface area contributed by atoms with Gasteiger partial charge < -0.3 is 4.42 Å². The molecule has 1 aliphatic heterocycles. The first kappa shape index (κ1) is 8.30. The summed E-state index contributed by atoms with van der Waals surface area (Å²) in [7, 11) is 0. The van der Waals surface area contributed by atoms with Crippen molar-refractivity contribution in [1.82, 2.24) is 0 Å². The molecule has 2 aliphatic rings. The molecule has 0 unspecified atom stereocenters. The van der Waals surface area contributed by atoms with Crippen LogP contribution in [0.5, 0.6) is 0 Å². The molecule has 0 radical (unpaired) electrons. The van der Waals surface area contributed by atoms with Gasteiger partial charge in [-0.3, -0.25) is 0 Å². The third-order valence-electron chi connectivity index (χ3n) is 2.56. The van der Waals surface area contributed by atoms with Crippen LogP contribution in [0.3, 0.4) is 0 Å². The van der Waals surface area contributed by atoms with Crippen molar-refractivity contribution in [3.8, 4) is 22.5 Å². The molecule has 0 aromatic heterocycles. The smallest absolute Gasteiger partial charge is 0.141 e. The van der Waals surface area contributed by atoms with Crippen LogP contribution in [-0.2, 0) is 0 Å². The molecule has 1 aromatic rings. The zero-order chi connectivity index (χ0) is 10.1. The van der Waals surface area contributed by atoms with E-state index in [1.54, 1.807) is 6.26 Å². The van der Waals surface area contributed by atoms with Crippen LogP contribution in [-0.4, -0.2) is 0 Å². The van der Waals surface area contributed by atoms with E-state index in [2.05, 4.69) is 30.3 Å². The topological polar surface area (TPSA) is 13.1 Å². The van der Waals surface area contributed by atoms with E-state index in [0.29, 0.717) is 0 Å². The molecule has 1 aromatic carbocycles. The average Bonchev–Trinajstić information content (AvgIpc) is 2.74. The molecule has 0 amide bonds. The minimum Gasteiger partial charge on any atom is -0.464 e. The van der Waals surface area contributed by atoms with Crippen molar-refractivity contribution in [3.63, 3.8) is 0 Å². The van der Waals surface area contributed by atoms with Gasteiger partial charge in [-0.1, -0.05) is 36.4 Å². The summed E-state index contributed by atoms with van der Waals surface area (Å²) in [6.45, 7) is 0. The first-order chi connectivity index (χ1) is 7.45. The molecule has 0 N–H and O–H groups in total. The molecule has 1 aliphatic carbocycles. The predicted octanol–water partition coefficient (Wildman–Crippen LogP) is 4.05. The van der Waals surface area contributed by atoms with Gasteiger partial charge in [0.15, 0.2) is 0 Å². The van der Waals surface area contributed by atoms with Gasteiger partial charge in [0.25, 0.3) is 0 Å². The van der Waals surface area contributed by atoms with Gasteiger partial charge in [-0.05, 0) is 23.8 Å². The van der Waals surface area contributed by atoms with Gasteiger partial charge in [-0.2, -0.15) is 0 Å². The van der Waals surface area contributed by atoms with Gasteiger partial charge in [0.2, 0.25) is 0 Å². The van der Waals surface area contributed by atoms with Crippen molar-refractivity contribution >= 4 is 0 Å². The van der Waals surface area contributed by atoms with E-state index in [1.165, 1.54) is 5.56 Å². The molecule has 0 spiro atoms.